The van der Waals surface area contributed by atoms with Gasteiger partial charge in [0.25, 0.3) is 5.91 Å². The van der Waals surface area contributed by atoms with Crippen LogP contribution >= 0.6 is 11.8 Å². The molecule has 1 amide bonds. The lowest BCUT2D eigenvalue weighted by molar-refractivity contribution is 0.0954. The first-order chi connectivity index (χ1) is 10.7. The van der Waals surface area contributed by atoms with Gasteiger partial charge >= 0.3 is 0 Å². The van der Waals surface area contributed by atoms with Crippen LogP contribution in [0.15, 0.2) is 23.4 Å². The summed E-state index contributed by atoms with van der Waals surface area (Å²) in [5, 5.41) is 13.9. The average molecular weight is 320 g/mol. The molecule has 2 N–H and O–H groups in total. The van der Waals surface area contributed by atoms with E-state index in [0.717, 1.165) is 16.3 Å². The molecule has 0 radical (unpaired) electrons. The van der Waals surface area contributed by atoms with E-state index >= 15 is 0 Å². The minimum atomic E-state index is -0.116. The lowest BCUT2D eigenvalue weighted by Crippen LogP contribution is -2.27. The lowest BCUT2D eigenvalue weighted by Gasteiger charge is -2.20. The Morgan fingerprint density at radius 3 is 2.86 bits per heavy atom. The van der Waals surface area contributed by atoms with E-state index < -0.39 is 0 Å². The summed E-state index contributed by atoms with van der Waals surface area (Å²) in [6, 6.07) is 3.58. The SMILES string of the molecule is Cc1cc2c(cc1C(=O)NCCSc1cn[nH]n1)OCCO2. The highest BCUT2D eigenvalue weighted by Gasteiger charge is 2.17. The highest BCUT2D eigenvalue weighted by molar-refractivity contribution is 7.99. The molecule has 0 aliphatic carbocycles. The van der Waals surface area contributed by atoms with Crippen molar-refractivity contribution < 1.29 is 14.3 Å². The van der Waals surface area contributed by atoms with Crippen LogP contribution in [-0.4, -0.2) is 46.8 Å². The minimum Gasteiger partial charge on any atom is -0.486 e. The standard InChI is InChI=1S/C14H16N4O3S/c1-9-6-11-12(21-4-3-20-11)7-10(9)14(19)15-2-5-22-13-8-16-18-17-13/h6-8H,2-5H2,1H3,(H,15,19)(H,16,17,18). The summed E-state index contributed by atoms with van der Waals surface area (Å²) in [6.45, 7) is 3.48. The lowest BCUT2D eigenvalue weighted by atomic mass is 10.1. The van der Waals surface area contributed by atoms with Crippen molar-refractivity contribution in [2.75, 3.05) is 25.5 Å². The Bertz CT molecular complexity index is 660. The number of aryl methyl sites for hydroxylation is 1. The van der Waals surface area contributed by atoms with Crippen molar-refractivity contribution in [2.45, 2.75) is 11.9 Å². The average Bonchev–Trinajstić information content (AvgIpc) is 3.04. The van der Waals surface area contributed by atoms with Crippen LogP contribution in [0.2, 0.25) is 0 Å². The van der Waals surface area contributed by atoms with E-state index in [9.17, 15) is 4.79 Å². The minimum absolute atomic E-state index is 0.116. The second-order valence-electron chi connectivity index (χ2n) is 4.72. The molecule has 1 aromatic carbocycles. The highest BCUT2D eigenvalue weighted by atomic mass is 32.2. The van der Waals surface area contributed by atoms with E-state index in [-0.39, 0.29) is 5.91 Å². The summed E-state index contributed by atoms with van der Waals surface area (Å²) >= 11 is 1.53. The summed E-state index contributed by atoms with van der Waals surface area (Å²) in [5.74, 6) is 1.93. The van der Waals surface area contributed by atoms with Crippen LogP contribution in [0.4, 0.5) is 0 Å². The van der Waals surface area contributed by atoms with Gasteiger partial charge in [-0.1, -0.05) is 0 Å². The predicted molar refractivity (Wildman–Crippen MR) is 81.6 cm³/mol. The molecule has 0 atom stereocenters. The fraction of sp³-hybridized carbons (Fsp3) is 0.357. The fourth-order valence-corrected chi connectivity index (χ4v) is 2.76. The third-order valence-electron chi connectivity index (χ3n) is 3.16. The number of fused-ring (bicyclic) bond motifs is 1. The van der Waals surface area contributed by atoms with Gasteiger partial charge in [-0.3, -0.25) is 4.79 Å². The molecule has 8 heteroatoms. The first-order valence-corrected chi connectivity index (χ1v) is 7.89. The zero-order chi connectivity index (χ0) is 15.4. The molecule has 3 rings (SSSR count). The van der Waals surface area contributed by atoms with Crippen molar-refractivity contribution in [3.05, 3.63) is 29.5 Å². The first kappa shape index (κ1) is 14.7. The molecule has 7 nitrogen and oxygen atoms in total. The monoisotopic (exact) mass is 320 g/mol. The Morgan fingerprint density at radius 2 is 2.14 bits per heavy atom. The molecule has 0 spiro atoms. The molecule has 2 aromatic rings. The molecule has 0 saturated carbocycles. The van der Waals surface area contributed by atoms with Gasteiger partial charge in [0, 0.05) is 17.9 Å². The van der Waals surface area contributed by atoms with Crippen LogP contribution in [0.5, 0.6) is 11.5 Å². The maximum atomic E-state index is 12.3. The molecule has 2 heterocycles. The van der Waals surface area contributed by atoms with E-state index in [1.807, 2.05) is 13.0 Å². The molecule has 0 saturated heterocycles. The number of nitrogens with zero attached hydrogens (tertiary/aromatic N) is 2. The smallest absolute Gasteiger partial charge is 0.251 e. The maximum absolute atomic E-state index is 12.3. The zero-order valence-corrected chi connectivity index (χ0v) is 12.9. The number of ether oxygens (including phenoxy) is 2. The van der Waals surface area contributed by atoms with Crippen molar-refractivity contribution in [3.8, 4) is 11.5 Å². The number of rotatable bonds is 5. The summed E-state index contributed by atoms with van der Waals surface area (Å²) in [7, 11) is 0. The van der Waals surface area contributed by atoms with Gasteiger partial charge in [0.15, 0.2) is 11.5 Å². The van der Waals surface area contributed by atoms with Crippen LogP contribution in [-0.2, 0) is 0 Å². The van der Waals surface area contributed by atoms with Gasteiger partial charge in [0.1, 0.15) is 18.2 Å². The molecule has 0 fully saturated rings. The summed E-state index contributed by atoms with van der Waals surface area (Å²) in [5.41, 5.74) is 1.47. The quantitative estimate of drug-likeness (QED) is 0.639. The molecular formula is C14H16N4O3S. The number of nitrogens with one attached hydrogen (secondary N) is 2. The zero-order valence-electron chi connectivity index (χ0n) is 12.1. The molecule has 22 heavy (non-hydrogen) atoms. The summed E-state index contributed by atoms with van der Waals surface area (Å²) in [4.78, 5) is 12.3. The molecule has 1 aliphatic heterocycles. The summed E-state index contributed by atoms with van der Waals surface area (Å²) < 4.78 is 11.0. The van der Waals surface area contributed by atoms with E-state index in [0.29, 0.717) is 36.8 Å². The van der Waals surface area contributed by atoms with Gasteiger partial charge < -0.3 is 14.8 Å². The van der Waals surface area contributed by atoms with Crippen LogP contribution in [0, 0.1) is 6.92 Å². The number of thioether (sulfide) groups is 1. The number of hydrogen-bond acceptors (Lipinski definition) is 6. The van der Waals surface area contributed by atoms with Crippen molar-refractivity contribution in [1.82, 2.24) is 20.7 Å². The third kappa shape index (κ3) is 3.33. The third-order valence-corrected chi connectivity index (χ3v) is 4.07. The van der Waals surface area contributed by atoms with Gasteiger partial charge in [-0.25, -0.2) is 0 Å². The molecule has 1 aromatic heterocycles. The van der Waals surface area contributed by atoms with E-state index in [1.165, 1.54) is 11.8 Å². The molecule has 1 aliphatic rings. The van der Waals surface area contributed by atoms with Gasteiger partial charge in [0.05, 0.1) is 6.20 Å². The molecule has 116 valence electrons. The van der Waals surface area contributed by atoms with Gasteiger partial charge in [-0.05, 0) is 24.6 Å². The van der Waals surface area contributed by atoms with Gasteiger partial charge in [-0.2, -0.15) is 10.3 Å². The van der Waals surface area contributed by atoms with Crippen LogP contribution in [0.3, 0.4) is 0 Å². The number of aromatic nitrogens is 3. The Labute approximate surface area is 131 Å². The number of carbonyl (C=O) groups is 1. The van der Waals surface area contributed by atoms with Crippen LogP contribution < -0.4 is 14.8 Å². The van der Waals surface area contributed by atoms with Gasteiger partial charge in [0.2, 0.25) is 0 Å². The van der Waals surface area contributed by atoms with Crippen molar-refractivity contribution >= 4 is 17.7 Å². The Balaban J connectivity index is 1.57. The Hall–Kier alpha value is -2.22. The first-order valence-electron chi connectivity index (χ1n) is 6.91. The van der Waals surface area contributed by atoms with Crippen molar-refractivity contribution in [2.24, 2.45) is 0 Å². The number of H-pyrrole nitrogens is 1. The molecule has 0 unspecified atom stereocenters. The number of hydrogen-bond donors (Lipinski definition) is 2. The maximum Gasteiger partial charge on any atom is 0.251 e. The van der Waals surface area contributed by atoms with E-state index in [1.54, 1.807) is 12.3 Å². The topological polar surface area (TPSA) is 89.1 Å². The van der Waals surface area contributed by atoms with Crippen molar-refractivity contribution in [1.29, 1.82) is 0 Å². The predicted octanol–water partition coefficient (Wildman–Crippen LogP) is 1.41. The highest BCUT2D eigenvalue weighted by Crippen LogP contribution is 2.32. The number of carbonyl (C=O) groups excluding carboxylic acids is 1. The Morgan fingerprint density at radius 1 is 1.36 bits per heavy atom. The van der Waals surface area contributed by atoms with Crippen LogP contribution in [0.1, 0.15) is 15.9 Å². The van der Waals surface area contributed by atoms with Crippen molar-refractivity contribution in [3.63, 3.8) is 0 Å². The molecule has 0 bridgehead atoms. The number of aromatic amines is 1. The second-order valence-corrected chi connectivity index (χ2v) is 5.84. The fourth-order valence-electron chi connectivity index (χ4n) is 2.11. The van der Waals surface area contributed by atoms with E-state index in [4.69, 9.17) is 9.47 Å². The van der Waals surface area contributed by atoms with E-state index in [2.05, 4.69) is 20.7 Å². The van der Waals surface area contributed by atoms with Gasteiger partial charge in [-0.15, -0.1) is 16.9 Å². The number of amides is 1. The van der Waals surface area contributed by atoms with Crippen LogP contribution in [0.25, 0.3) is 0 Å². The normalized spacial score (nSPS) is 13.0. The molecular weight excluding hydrogens is 304 g/mol. The Kier molecular flexibility index (Phi) is 4.47. The second kappa shape index (κ2) is 6.69. The summed E-state index contributed by atoms with van der Waals surface area (Å²) in [6.07, 6.45) is 1.65. The number of benzene rings is 1. The largest absolute Gasteiger partial charge is 0.486 e.